The highest BCUT2D eigenvalue weighted by atomic mass is 35.5. The molecular formula is C30H31ClN6O5. The molecule has 0 unspecified atom stereocenters. The molecule has 2 aromatic heterocycles. The Balaban J connectivity index is 1.41. The molecule has 1 saturated heterocycles. The van der Waals surface area contributed by atoms with E-state index in [1.165, 1.54) is 26.4 Å². The van der Waals surface area contributed by atoms with Gasteiger partial charge in [-0.25, -0.2) is 9.67 Å². The van der Waals surface area contributed by atoms with Gasteiger partial charge in [0.25, 0.3) is 11.5 Å². The van der Waals surface area contributed by atoms with Gasteiger partial charge in [-0.1, -0.05) is 41.9 Å². The monoisotopic (exact) mass is 590 g/mol. The Labute approximate surface area is 247 Å². The molecule has 2 atom stereocenters. The van der Waals surface area contributed by atoms with Crippen molar-refractivity contribution in [3.63, 3.8) is 0 Å². The molecule has 0 aliphatic carbocycles. The molecule has 42 heavy (non-hydrogen) atoms. The van der Waals surface area contributed by atoms with E-state index in [2.05, 4.69) is 25.7 Å². The first-order valence-electron chi connectivity index (χ1n) is 13.4. The summed E-state index contributed by atoms with van der Waals surface area (Å²) in [6, 6.07) is 12.4. The van der Waals surface area contributed by atoms with Crippen LogP contribution in [0.3, 0.4) is 0 Å². The standard InChI is InChI=1S/C30H31ClN6O5/c1-17-18(6-5-9-22(17)35-28(39)21-10-12-34-37(2)30(21)40)19-7-4-8-20(27(19)31)24-14-33-25(29(36-24)41-3)15-32-23-11-13-42-16-26(23)38/h4-10,12,14,23,26,32,38H,11,13,15-16H2,1-3H3,(H,35,39)/t23-,26+/m1/s1. The van der Waals surface area contributed by atoms with Gasteiger partial charge in [0.15, 0.2) is 0 Å². The maximum atomic E-state index is 12.9. The van der Waals surface area contributed by atoms with Crippen LogP contribution < -0.4 is 20.9 Å². The first-order chi connectivity index (χ1) is 20.3. The minimum absolute atomic E-state index is 0.00700. The van der Waals surface area contributed by atoms with E-state index in [0.29, 0.717) is 59.7 Å². The van der Waals surface area contributed by atoms with Gasteiger partial charge >= 0.3 is 0 Å². The molecule has 4 aromatic rings. The number of carbonyl (C=O) groups excluding carboxylic acids is 1. The predicted molar refractivity (Wildman–Crippen MR) is 159 cm³/mol. The number of ether oxygens (including phenoxy) is 2. The smallest absolute Gasteiger partial charge is 0.279 e. The third-order valence-electron chi connectivity index (χ3n) is 7.26. The molecule has 0 spiro atoms. The van der Waals surface area contributed by atoms with E-state index in [0.717, 1.165) is 21.4 Å². The number of benzene rings is 2. The second kappa shape index (κ2) is 12.8. The molecule has 1 aliphatic heterocycles. The zero-order chi connectivity index (χ0) is 29.8. The average molecular weight is 591 g/mol. The fraction of sp³-hybridized carbons (Fsp3) is 0.300. The lowest BCUT2D eigenvalue weighted by molar-refractivity contribution is -0.0281. The molecule has 218 valence electrons. The van der Waals surface area contributed by atoms with E-state index in [1.54, 1.807) is 12.3 Å². The van der Waals surface area contributed by atoms with Gasteiger partial charge in [0.1, 0.15) is 11.3 Å². The third kappa shape index (κ3) is 6.04. The summed E-state index contributed by atoms with van der Waals surface area (Å²) in [7, 11) is 3.02. The van der Waals surface area contributed by atoms with Gasteiger partial charge in [0, 0.05) is 49.3 Å². The van der Waals surface area contributed by atoms with Crippen LogP contribution in [0.2, 0.25) is 5.02 Å². The van der Waals surface area contributed by atoms with Crippen molar-refractivity contribution in [3.8, 4) is 28.3 Å². The first-order valence-corrected chi connectivity index (χ1v) is 13.8. The molecule has 1 amide bonds. The minimum atomic E-state index is -0.586. The number of aryl methyl sites for hydroxylation is 1. The molecule has 0 bridgehead atoms. The largest absolute Gasteiger partial charge is 0.480 e. The topological polar surface area (TPSA) is 140 Å². The van der Waals surface area contributed by atoms with Crippen LogP contribution in [-0.4, -0.2) is 63.2 Å². The maximum absolute atomic E-state index is 12.9. The number of carbonyl (C=O) groups is 1. The molecular weight excluding hydrogens is 560 g/mol. The molecule has 3 N–H and O–H groups in total. The van der Waals surface area contributed by atoms with E-state index in [9.17, 15) is 14.7 Å². The third-order valence-corrected chi connectivity index (χ3v) is 7.67. The fourth-order valence-corrected chi connectivity index (χ4v) is 5.19. The Kier molecular flexibility index (Phi) is 8.93. The van der Waals surface area contributed by atoms with Crippen LogP contribution in [0.5, 0.6) is 5.88 Å². The molecule has 1 aliphatic rings. The number of aliphatic hydroxyl groups excluding tert-OH is 1. The first kappa shape index (κ1) is 29.3. The van der Waals surface area contributed by atoms with E-state index >= 15 is 0 Å². The number of nitrogens with one attached hydrogen (secondary N) is 2. The highest BCUT2D eigenvalue weighted by Crippen LogP contribution is 2.39. The number of rotatable bonds is 8. The van der Waals surface area contributed by atoms with Gasteiger partial charge in [-0.15, -0.1) is 0 Å². The lowest BCUT2D eigenvalue weighted by Gasteiger charge is -2.28. The van der Waals surface area contributed by atoms with Gasteiger partial charge in [-0.05, 0) is 36.6 Å². The number of hydrogen-bond donors (Lipinski definition) is 3. The SMILES string of the molecule is COc1nc(-c2cccc(-c3cccc(NC(=O)c4ccnn(C)c4=O)c3C)c2Cl)cnc1CN[C@@H]1CCOC[C@@H]1O. The van der Waals surface area contributed by atoms with E-state index in [4.69, 9.17) is 21.1 Å². The summed E-state index contributed by atoms with van der Waals surface area (Å²) in [5.74, 6) is -0.174. The van der Waals surface area contributed by atoms with Crippen molar-refractivity contribution in [3.05, 3.63) is 87.1 Å². The summed E-state index contributed by atoms with van der Waals surface area (Å²) in [5, 5.41) is 20.6. The van der Waals surface area contributed by atoms with Crippen LogP contribution in [0.15, 0.2) is 59.7 Å². The second-order valence-electron chi connectivity index (χ2n) is 9.90. The lowest BCUT2D eigenvalue weighted by atomic mass is 9.96. The zero-order valence-corrected chi connectivity index (χ0v) is 24.2. The predicted octanol–water partition coefficient (Wildman–Crippen LogP) is 3.37. The number of methoxy groups -OCH3 is 1. The van der Waals surface area contributed by atoms with Crippen LogP contribution in [0.25, 0.3) is 22.4 Å². The van der Waals surface area contributed by atoms with E-state index in [1.807, 2.05) is 37.3 Å². The van der Waals surface area contributed by atoms with Crippen molar-refractivity contribution < 1.29 is 19.4 Å². The molecule has 0 saturated carbocycles. The van der Waals surface area contributed by atoms with Crippen molar-refractivity contribution >= 4 is 23.2 Å². The van der Waals surface area contributed by atoms with Crippen LogP contribution in [-0.2, 0) is 18.3 Å². The number of aromatic nitrogens is 4. The van der Waals surface area contributed by atoms with Crippen molar-refractivity contribution in [2.45, 2.75) is 32.0 Å². The summed E-state index contributed by atoms with van der Waals surface area (Å²) in [5.41, 5.74) is 4.17. The Morgan fingerprint density at radius 3 is 2.74 bits per heavy atom. The quantitative estimate of drug-likeness (QED) is 0.282. The molecule has 5 rings (SSSR count). The fourth-order valence-electron chi connectivity index (χ4n) is 4.87. The minimum Gasteiger partial charge on any atom is -0.480 e. The normalized spacial score (nSPS) is 16.7. The van der Waals surface area contributed by atoms with Crippen LogP contribution in [0, 0.1) is 6.92 Å². The molecule has 2 aromatic carbocycles. The summed E-state index contributed by atoms with van der Waals surface area (Å²) >= 11 is 6.96. The highest BCUT2D eigenvalue weighted by Gasteiger charge is 2.24. The molecule has 12 heteroatoms. The Hall–Kier alpha value is -4.16. The maximum Gasteiger partial charge on any atom is 0.279 e. The number of nitrogens with zero attached hydrogens (tertiary/aromatic N) is 4. The van der Waals surface area contributed by atoms with Crippen LogP contribution >= 0.6 is 11.6 Å². The van der Waals surface area contributed by atoms with Gasteiger partial charge in [0.05, 0.1) is 36.7 Å². The van der Waals surface area contributed by atoms with Gasteiger partial charge in [0.2, 0.25) is 5.88 Å². The summed E-state index contributed by atoms with van der Waals surface area (Å²) in [6.07, 6.45) is 3.16. The Bertz CT molecular complexity index is 1680. The summed E-state index contributed by atoms with van der Waals surface area (Å²) in [6.45, 7) is 3.13. The van der Waals surface area contributed by atoms with Crippen molar-refractivity contribution in [2.75, 3.05) is 25.6 Å². The van der Waals surface area contributed by atoms with Crippen molar-refractivity contribution in [1.82, 2.24) is 25.1 Å². The highest BCUT2D eigenvalue weighted by molar-refractivity contribution is 6.36. The van der Waals surface area contributed by atoms with Gasteiger partial charge < -0.3 is 25.2 Å². The number of aliphatic hydroxyl groups is 1. The van der Waals surface area contributed by atoms with E-state index in [-0.39, 0.29) is 11.6 Å². The number of hydrogen-bond acceptors (Lipinski definition) is 9. The van der Waals surface area contributed by atoms with Crippen molar-refractivity contribution in [2.24, 2.45) is 7.05 Å². The number of halogens is 1. The second-order valence-corrected chi connectivity index (χ2v) is 10.3. The average Bonchev–Trinajstić information content (AvgIpc) is 2.99. The zero-order valence-electron chi connectivity index (χ0n) is 23.4. The van der Waals surface area contributed by atoms with Gasteiger partial charge in [-0.2, -0.15) is 5.10 Å². The van der Waals surface area contributed by atoms with E-state index < -0.39 is 17.6 Å². The number of anilines is 1. The molecule has 0 radical (unpaired) electrons. The Morgan fingerprint density at radius 2 is 1.95 bits per heavy atom. The van der Waals surface area contributed by atoms with Gasteiger partial charge in [-0.3, -0.25) is 14.6 Å². The molecule has 11 nitrogen and oxygen atoms in total. The van der Waals surface area contributed by atoms with Crippen LogP contribution in [0.4, 0.5) is 5.69 Å². The lowest BCUT2D eigenvalue weighted by Crippen LogP contribution is -2.46. The number of amides is 1. The van der Waals surface area contributed by atoms with Crippen molar-refractivity contribution in [1.29, 1.82) is 0 Å². The summed E-state index contributed by atoms with van der Waals surface area (Å²) < 4.78 is 11.9. The summed E-state index contributed by atoms with van der Waals surface area (Å²) in [4.78, 5) is 34.5. The molecule has 3 heterocycles. The molecule has 1 fully saturated rings. The Morgan fingerprint density at radius 1 is 1.19 bits per heavy atom. The van der Waals surface area contributed by atoms with Crippen LogP contribution in [0.1, 0.15) is 28.0 Å².